The van der Waals surface area contributed by atoms with Crippen LogP contribution < -0.4 is 10.1 Å². The number of nitrogens with one attached hydrogen (secondary N) is 2. The predicted octanol–water partition coefficient (Wildman–Crippen LogP) is 6.17. The quantitative estimate of drug-likeness (QED) is 0.111. The van der Waals surface area contributed by atoms with Crippen LogP contribution in [0.5, 0.6) is 5.75 Å². The van der Waals surface area contributed by atoms with Gasteiger partial charge >= 0.3 is 24.3 Å². The molecular formula is C30H41F3N6O7. The number of amides is 2. The van der Waals surface area contributed by atoms with E-state index in [1.54, 1.807) is 46.4 Å². The number of hydrogen-bond acceptors (Lipinski definition) is 9. The molecule has 16 heteroatoms. The first-order valence-corrected chi connectivity index (χ1v) is 14.8. The van der Waals surface area contributed by atoms with Crippen molar-refractivity contribution >= 4 is 24.1 Å². The first kappa shape index (κ1) is 36.1. The molecule has 1 fully saturated rings. The van der Waals surface area contributed by atoms with E-state index in [-0.39, 0.29) is 42.1 Å². The summed E-state index contributed by atoms with van der Waals surface area (Å²) in [6, 6.07) is 2.97. The number of hydrogen-bond donors (Lipinski definition) is 2. The zero-order valence-corrected chi connectivity index (χ0v) is 27.0. The van der Waals surface area contributed by atoms with Gasteiger partial charge in [-0.25, -0.2) is 14.6 Å². The minimum atomic E-state index is -4.72. The van der Waals surface area contributed by atoms with E-state index >= 15 is 0 Å². The Labute approximate surface area is 265 Å². The van der Waals surface area contributed by atoms with Gasteiger partial charge in [0.05, 0.1) is 24.8 Å². The maximum Gasteiger partial charge on any atom is 0.437 e. The Bertz CT molecular complexity index is 1410. The van der Waals surface area contributed by atoms with Gasteiger partial charge in [0.15, 0.2) is 5.82 Å². The number of benzene rings is 1. The number of guanidine groups is 1. The van der Waals surface area contributed by atoms with Crippen molar-refractivity contribution in [1.82, 2.24) is 25.4 Å². The van der Waals surface area contributed by atoms with Crippen LogP contribution in [0.25, 0.3) is 11.4 Å². The van der Waals surface area contributed by atoms with Crippen molar-refractivity contribution in [3.05, 3.63) is 29.6 Å². The highest BCUT2D eigenvalue weighted by atomic mass is 19.4. The number of unbranched alkanes of at least 4 members (excludes halogenated alkanes) is 1. The van der Waals surface area contributed by atoms with Crippen LogP contribution >= 0.6 is 0 Å². The Morgan fingerprint density at radius 3 is 2.35 bits per heavy atom. The second kappa shape index (κ2) is 14.8. The molecular weight excluding hydrogens is 613 g/mol. The zero-order valence-electron chi connectivity index (χ0n) is 27.0. The van der Waals surface area contributed by atoms with Gasteiger partial charge in [-0.3, -0.25) is 15.2 Å². The summed E-state index contributed by atoms with van der Waals surface area (Å²) in [7, 11) is 0. The number of aliphatic imine (C=N–C) groups is 1. The summed E-state index contributed by atoms with van der Waals surface area (Å²) >= 11 is 0. The van der Waals surface area contributed by atoms with Crippen molar-refractivity contribution < 1.29 is 46.5 Å². The lowest BCUT2D eigenvalue weighted by Gasteiger charge is -2.28. The van der Waals surface area contributed by atoms with Crippen molar-refractivity contribution in [3.63, 3.8) is 0 Å². The van der Waals surface area contributed by atoms with Crippen LogP contribution in [0.15, 0.2) is 23.2 Å². The van der Waals surface area contributed by atoms with Gasteiger partial charge < -0.3 is 23.8 Å². The third kappa shape index (κ3) is 11.2. The molecule has 0 aliphatic carbocycles. The summed E-state index contributed by atoms with van der Waals surface area (Å²) in [6.07, 6.45) is -4.54. The van der Waals surface area contributed by atoms with E-state index in [1.165, 1.54) is 19.1 Å². The maximum atomic E-state index is 14.0. The summed E-state index contributed by atoms with van der Waals surface area (Å²) in [5.41, 5.74) is -2.57. The van der Waals surface area contributed by atoms with Crippen LogP contribution in [0.1, 0.15) is 91.6 Å². The lowest BCUT2D eigenvalue weighted by Crippen LogP contribution is -2.46. The molecule has 3 rings (SSSR count). The second-order valence-corrected chi connectivity index (χ2v) is 12.5. The van der Waals surface area contributed by atoms with Gasteiger partial charge in [0.1, 0.15) is 22.8 Å². The molecule has 1 unspecified atom stereocenters. The van der Waals surface area contributed by atoms with E-state index < -0.39 is 47.1 Å². The molecule has 0 saturated carbocycles. The van der Waals surface area contributed by atoms with Crippen molar-refractivity contribution in [1.29, 1.82) is 0 Å². The van der Waals surface area contributed by atoms with Crippen molar-refractivity contribution in [2.75, 3.05) is 19.8 Å². The third-order valence-electron chi connectivity index (χ3n) is 6.19. The molecule has 0 radical (unpaired) electrons. The number of rotatable bonds is 8. The number of carbonyl (C=O) groups is 3. The molecule has 1 saturated heterocycles. The highest BCUT2D eigenvalue weighted by Gasteiger charge is 2.36. The second-order valence-electron chi connectivity index (χ2n) is 12.5. The Morgan fingerprint density at radius 2 is 1.72 bits per heavy atom. The fraction of sp³-hybridized carbons (Fsp3) is 0.600. The number of aromatic amines is 1. The number of nitrogens with zero attached hydrogens (tertiary/aromatic N) is 4. The summed E-state index contributed by atoms with van der Waals surface area (Å²) in [4.78, 5) is 46.2. The number of H-pyrrole nitrogens is 1. The lowest BCUT2D eigenvalue weighted by atomic mass is 10.1. The Kier molecular flexibility index (Phi) is 11.6. The molecule has 2 heterocycles. The molecule has 1 aromatic carbocycles. The van der Waals surface area contributed by atoms with Crippen molar-refractivity contribution in [3.8, 4) is 17.1 Å². The fourth-order valence-electron chi connectivity index (χ4n) is 4.41. The molecule has 254 valence electrons. The molecule has 2 aromatic rings. The molecule has 1 aromatic heterocycles. The molecule has 0 spiro atoms. The van der Waals surface area contributed by atoms with E-state index in [4.69, 9.17) is 18.9 Å². The first-order chi connectivity index (χ1) is 21.3. The van der Waals surface area contributed by atoms with Crippen LogP contribution in [-0.4, -0.2) is 75.2 Å². The number of halogens is 3. The van der Waals surface area contributed by atoms with Crippen LogP contribution in [-0.2, 0) is 25.2 Å². The monoisotopic (exact) mass is 654 g/mol. The highest BCUT2D eigenvalue weighted by molar-refractivity contribution is 5.99. The standard InChI is InChI=1S/C30H41F3N6O7/c1-18(40)43-15-8-9-16-44-22-13-12-19(17-20(22)30(31,32)33)23-34-24(38-37-23)21-11-10-14-39(21)25(35-26(41)45-28(2,3)4)36-27(42)46-29(5,6)7/h12-13,17,21H,8-11,14-16H2,1-7H3,(H,34,37,38)(H,35,36,41,42). The number of alkyl halides is 3. The zero-order chi connectivity index (χ0) is 34.3. The van der Waals surface area contributed by atoms with Gasteiger partial charge in [-0.2, -0.15) is 18.3 Å². The smallest absolute Gasteiger partial charge is 0.437 e. The fourth-order valence-corrected chi connectivity index (χ4v) is 4.41. The maximum absolute atomic E-state index is 14.0. The van der Waals surface area contributed by atoms with E-state index in [0.29, 0.717) is 32.2 Å². The SMILES string of the molecule is CC(=O)OCCCCOc1ccc(-c2n[nH]c(C3CCCN3C(=NC(=O)OC(C)(C)C)NC(=O)OC(C)(C)C)n2)cc1C(F)(F)F. The Hall–Kier alpha value is -4.37. The van der Waals surface area contributed by atoms with Crippen LogP contribution in [0.4, 0.5) is 22.8 Å². The number of esters is 1. The average Bonchev–Trinajstić information content (AvgIpc) is 3.57. The van der Waals surface area contributed by atoms with E-state index in [0.717, 1.165) is 6.07 Å². The predicted molar refractivity (Wildman–Crippen MR) is 160 cm³/mol. The molecule has 2 amide bonds. The van der Waals surface area contributed by atoms with Gasteiger partial charge in [0.25, 0.3) is 0 Å². The normalized spacial score (nSPS) is 15.8. The van der Waals surface area contributed by atoms with Gasteiger partial charge in [0, 0.05) is 19.0 Å². The summed E-state index contributed by atoms with van der Waals surface area (Å²) in [5.74, 6) is -0.614. The van der Waals surface area contributed by atoms with E-state index in [1.807, 2.05) is 0 Å². The molecule has 1 aliphatic heterocycles. The van der Waals surface area contributed by atoms with E-state index in [9.17, 15) is 27.6 Å². The topological polar surface area (TPSA) is 157 Å². The molecule has 1 aliphatic rings. The molecule has 1 atom stereocenters. The van der Waals surface area contributed by atoms with E-state index in [2.05, 4.69) is 25.5 Å². The largest absolute Gasteiger partial charge is 0.493 e. The number of carbonyl (C=O) groups excluding carboxylic acids is 3. The Balaban J connectivity index is 1.84. The van der Waals surface area contributed by atoms with Gasteiger partial charge in [0.2, 0.25) is 5.96 Å². The number of alkyl carbamates (subject to hydrolysis) is 1. The minimum Gasteiger partial charge on any atom is -0.493 e. The molecule has 2 N–H and O–H groups in total. The van der Waals surface area contributed by atoms with Crippen LogP contribution in [0.2, 0.25) is 0 Å². The van der Waals surface area contributed by atoms with Gasteiger partial charge in [-0.15, -0.1) is 4.99 Å². The van der Waals surface area contributed by atoms with Crippen LogP contribution in [0, 0.1) is 0 Å². The number of aromatic nitrogens is 3. The summed E-state index contributed by atoms with van der Waals surface area (Å²) < 4.78 is 62.8. The van der Waals surface area contributed by atoms with Gasteiger partial charge in [-0.1, -0.05) is 0 Å². The molecule has 0 bridgehead atoms. The molecule has 46 heavy (non-hydrogen) atoms. The first-order valence-electron chi connectivity index (χ1n) is 14.8. The highest BCUT2D eigenvalue weighted by Crippen LogP contribution is 2.39. The number of likely N-dealkylation sites (tertiary alicyclic amines) is 1. The van der Waals surface area contributed by atoms with Gasteiger partial charge in [-0.05, 0) is 85.4 Å². The minimum absolute atomic E-state index is 0.00345. The molecule has 13 nitrogen and oxygen atoms in total. The summed E-state index contributed by atoms with van der Waals surface area (Å²) in [5, 5.41) is 9.46. The average molecular weight is 655 g/mol. The summed E-state index contributed by atoms with van der Waals surface area (Å²) in [6.45, 7) is 11.9. The van der Waals surface area contributed by atoms with Crippen molar-refractivity contribution in [2.24, 2.45) is 4.99 Å². The lowest BCUT2D eigenvalue weighted by molar-refractivity contribution is -0.141. The van der Waals surface area contributed by atoms with Crippen LogP contribution in [0.3, 0.4) is 0 Å². The number of ether oxygens (including phenoxy) is 4. The third-order valence-corrected chi connectivity index (χ3v) is 6.19. The Morgan fingerprint density at radius 1 is 1.04 bits per heavy atom. The van der Waals surface area contributed by atoms with Crippen molar-refractivity contribution in [2.45, 2.75) is 97.6 Å².